The average molecular weight is 359 g/mol. The van der Waals surface area contributed by atoms with Crippen molar-refractivity contribution < 1.29 is 14.3 Å². The highest BCUT2D eigenvalue weighted by atomic mass is 16.5. The van der Waals surface area contributed by atoms with Gasteiger partial charge >= 0.3 is 0 Å². The molecule has 0 spiro atoms. The van der Waals surface area contributed by atoms with Gasteiger partial charge < -0.3 is 19.4 Å². The van der Waals surface area contributed by atoms with Crippen LogP contribution in [0.25, 0.3) is 0 Å². The fraction of sp³-hybridized carbons (Fsp3) is 0.600. The van der Waals surface area contributed by atoms with Gasteiger partial charge in [-0.05, 0) is 38.1 Å². The van der Waals surface area contributed by atoms with E-state index in [1.165, 1.54) is 0 Å². The van der Waals surface area contributed by atoms with Crippen molar-refractivity contribution in [2.24, 2.45) is 5.92 Å². The highest BCUT2D eigenvalue weighted by Crippen LogP contribution is 2.38. The molecular weight excluding hydrogens is 330 g/mol. The van der Waals surface area contributed by atoms with Crippen LogP contribution in [0.5, 0.6) is 5.75 Å². The van der Waals surface area contributed by atoms with Gasteiger partial charge in [0.2, 0.25) is 11.8 Å². The first-order valence-corrected chi connectivity index (χ1v) is 9.46. The third-order valence-corrected chi connectivity index (χ3v) is 5.64. The van der Waals surface area contributed by atoms with Crippen LogP contribution in [0.1, 0.15) is 31.4 Å². The van der Waals surface area contributed by atoms with Crippen LogP contribution in [0.3, 0.4) is 0 Å². The first kappa shape index (κ1) is 18.7. The Morgan fingerprint density at radius 1 is 1.15 bits per heavy atom. The van der Waals surface area contributed by atoms with E-state index in [1.54, 1.807) is 7.11 Å². The Balaban J connectivity index is 1.87. The second-order valence-electron chi connectivity index (χ2n) is 7.17. The third-order valence-electron chi connectivity index (χ3n) is 5.64. The number of carbonyl (C=O) groups excluding carboxylic acids is 2. The number of likely N-dealkylation sites (N-methyl/N-ethyl adjacent to an activating group) is 1. The van der Waals surface area contributed by atoms with Gasteiger partial charge in [-0.3, -0.25) is 9.59 Å². The van der Waals surface area contributed by atoms with Crippen molar-refractivity contribution in [3.63, 3.8) is 0 Å². The van der Waals surface area contributed by atoms with Crippen LogP contribution in [0.4, 0.5) is 0 Å². The van der Waals surface area contributed by atoms with E-state index in [1.807, 2.05) is 41.0 Å². The van der Waals surface area contributed by atoms with Gasteiger partial charge in [-0.1, -0.05) is 12.1 Å². The van der Waals surface area contributed by atoms with E-state index in [4.69, 9.17) is 4.74 Å². The number of benzene rings is 1. The summed E-state index contributed by atoms with van der Waals surface area (Å²) in [6.07, 6.45) is 1.07. The Hall–Kier alpha value is -2.08. The second kappa shape index (κ2) is 8.08. The van der Waals surface area contributed by atoms with Crippen molar-refractivity contribution in [1.29, 1.82) is 0 Å². The van der Waals surface area contributed by atoms with Gasteiger partial charge in [-0.2, -0.15) is 0 Å². The zero-order valence-corrected chi connectivity index (χ0v) is 16.0. The number of carbonyl (C=O) groups is 2. The molecule has 2 saturated heterocycles. The molecule has 0 radical (unpaired) electrons. The molecule has 0 saturated carbocycles. The van der Waals surface area contributed by atoms with Crippen molar-refractivity contribution in [3.05, 3.63) is 29.8 Å². The maximum Gasteiger partial charge on any atom is 0.228 e. The smallest absolute Gasteiger partial charge is 0.228 e. The topological polar surface area (TPSA) is 53.1 Å². The number of methoxy groups -OCH3 is 1. The lowest BCUT2D eigenvalue weighted by atomic mass is 9.83. The lowest BCUT2D eigenvalue weighted by molar-refractivity contribution is -0.148. The van der Waals surface area contributed by atoms with Gasteiger partial charge in [0, 0.05) is 39.1 Å². The molecule has 2 fully saturated rings. The summed E-state index contributed by atoms with van der Waals surface area (Å²) in [5, 5.41) is 0. The van der Waals surface area contributed by atoms with E-state index in [0.29, 0.717) is 19.4 Å². The summed E-state index contributed by atoms with van der Waals surface area (Å²) in [5.74, 6) is 0.922. The Labute approximate surface area is 155 Å². The van der Waals surface area contributed by atoms with Crippen molar-refractivity contribution in [3.8, 4) is 5.75 Å². The molecule has 6 nitrogen and oxygen atoms in total. The van der Waals surface area contributed by atoms with Crippen LogP contribution in [0.2, 0.25) is 0 Å². The van der Waals surface area contributed by atoms with E-state index in [-0.39, 0.29) is 23.8 Å². The molecule has 0 N–H and O–H groups in total. The molecular formula is C20H29N3O3. The van der Waals surface area contributed by atoms with Gasteiger partial charge in [0.25, 0.3) is 0 Å². The first-order chi connectivity index (χ1) is 12.5. The second-order valence-corrected chi connectivity index (χ2v) is 7.17. The van der Waals surface area contributed by atoms with E-state index in [9.17, 15) is 9.59 Å². The van der Waals surface area contributed by atoms with Gasteiger partial charge in [-0.25, -0.2) is 0 Å². The summed E-state index contributed by atoms with van der Waals surface area (Å²) >= 11 is 0. The van der Waals surface area contributed by atoms with Crippen molar-refractivity contribution >= 4 is 11.8 Å². The molecule has 2 heterocycles. The minimum absolute atomic E-state index is 0.135. The Morgan fingerprint density at radius 3 is 2.38 bits per heavy atom. The molecule has 0 bridgehead atoms. The quantitative estimate of drug-likeness (QED) is 0.822. The number of piperazine rings is 1. The summed E-state index contributed by atoms with van der Waals surface area (Å²) in [6, 6.07) is 7.57. The number of rotatable bonds is 4. The molecule has 2 aliphatic rings. The zero-order chi connectivity index (χ0) is 18.7. The number of likely N-dealkylation sites (tertiary alicyclic amines) is 1. The van der Waals surface area contributed by atoms with Crippen LogP contribution in [-0.2, 0) is 9.59 Å². The normalized spacial score (nSPS) is 24.7. The number of hydrogen-bond donors (Lipinski definition) is 0. The Bertz CT molecular complexity index is 638. The molecule has 2 amide bonds. The van der Waals surface area contributed by atoms with Crippen molar-refractivity contribution in [2.75, 3.05) is 46.9 Å². The molecule has 1 aromatic rings. The summed E-state index contributed by atoms with van der Waals surface area (Å²) < 4.78 is 5.25. The Kier molecular flexibility index (Phi) is 5.81. The minimum atomic E-state index is -0.195. The largest absolute Gasteiger partial charge is 0.497 e. The molecule has 0 aromatic heterocycles. The van der Waals surface area contributed by atoms with Crippen LogP contribution in [0.15, 0.2) is 24.3 Å². The lowest BCUT2D eigenvalue weighted by Gasteiger charge is -2.43. The molecule has 142 valence electrons. The van der Waals surface area contributed by atoms with Crippen LogP contribution >= 0.6 is 0 Å². The predicted octanol–water partition coefficient (Wildman–Crippen LogP) is 1.77. The minimum Gasteiger partial charge on any atom is -0.497 e. The maximum atomic E-state index is 13.3. The molecule has 1 aromatic carbocycles. The van der Waals surface area contributed by atoms with E-state index in [0.717, 1.165) is 37.5 Å². The van der Waals surface area contributed by atoms with Crippen LogP contribution < -0.4 is 4.74 Å². The average Bonchev–Trinajstić information content (AvgIpc) is 2.68. The Morgan fingerprint density at radius 2 is 1.81 bits per heavy atom. The van der Waals surface area contributed by atoms with Gasteiger partial charge in [0.05, 0.1) is 19.1 Å². The lowest BCUT2D eigenvalue weighted by Crippen LogP contribution is -2.53. The SMILES string of the molecule is CCN1C(=O)CC[C@@H](C(=O)N2CCN(C)CC2)[C@@H]1c1ccc(OC)cc1. The van der Waals surface area contributed by atoms with Gasteiger partial charge in [-0.15, -0.1) is 0 Å². The molecule has 0 unspecified atom stereocenters. The molecule has 2 aliphatic heterocycles. The summed E-state index contributed by atoms with van der Waals surface area (Å²) in [4.78, 5) is 31.9. The summed E-state index contributed by atoms with van der Waals surface area (Å²) in [6.45, 7) is 5.94. The number of nitrogens with zero attached hydrogens (tertiary/aromatic N) is 3. The zero-order valence-electron chi connectivity index (χ0n) is 16.0. The van der Waals surface area contributed by atoms with Gasteiger partial charge in [0.1, 0.15) is 5.75 Å². The molecule has 3 rings (SSSR count). The number of ether oxygens (including phenoxy) is 1. The van der Waals surface area contributed by atoms with Crippen LogP contribution in [-0.4, -0.2) is 73.4 Å². The highest BCUT2D eigenvalue weighted by Gasteiger charge is 2.41. The fourth-order valence-electron chi connectivity index (χ4n) is 4.06. The summed E-state index contributed by atoms with van der Waals surface area (Å²) in [5.41, 5.74) is 1.01. The van der Waals surface area contributed by atoms with E-state index < -0.39 is 0 Å². The molecule has 26 heavy (non-hydrogen) atoms. The van der Waals surface area contributed by atoms with E-state index >= 15 is 0 Å². The van der Waals surface area contributed by atoms with Crippen molar-refractivity contribution in [2.45, 2.75) is 25.8 Å². The molecule has 6 heteroatoms. The maximum absolute atomic E-state index is 13.3. The van der Waals surface area contributed by atoms with Crippen molar-refractivity contribution in [1.82, 2.24) is 14.7 Å². The molecule has 0 aliphatic carbocycles. The van der Waals surface area contributed by atoms with E-state index in [2.05, 4.69) is 11.9 Å². The standard InChI is InChI=1S/C20H29N3O3/c1-4-23-18(24)10-9-17(20(25)22-13-11-21(2)12-14-22)19(23)15-5-7-16(26-3)8-6-15/h5-8,17,19H,4,9-14H2,1-3H3/t17-,19+/m1/s1. The fourth-order valence-corrected chi connectivity index (χ4v) is 4.06. The summed E-state index contributed by atoms with van der Waals surface area (Å²) in [7, 11) is 3.72. The number of amides is 2. The van der Waals surface area contributed by atoms with Crippen LogP contribution in [0, 0.1) is 5.92 Å². The number of hydrogen-bond acceptors (Lipinski definition) is 4. The first-order valence-electron chi connectivity index (χ1n) is 9.46. The van der Waals surface area contributed by atoms with Gasteiger partial charge in [0.15, 0.2) is 0 Å². The molecule has 2 atom stereocenters. The predicted molar refractivity (Wildman–Crippen MR) is 99.9 cm³/mol. The monoisotopic (exact) mass is 359 g/mol. The number of piperidine rings is 1. The highest BCUT2D eigenvalue weighted by molar-refractivity contribution is 5.85. The third kappa shape index (κ3) is 3.70.